The zero-order valence-electron chi connectivity index (χ0n) is 13.5. The van der Waals surface area contributed by atoms with Gasteiger partial charge in [0.2, 0.25) is 0 Å². The molecule has 0 aliphatic heterocycles. The average Bonchev–Trinajstić information content (AvgIpc) is 2.76. The molecule has 126 valence electrons. The van der Waals surface area contributed by atoms with Gasteiger partial charge in [0, 0.05) is 17.9 Å². The molecule has 4 aliphatic rings. The first-order valence-corrected chi connectivity index (χ1v) is 8.97. The summed E-state index contributed by atoms with van der Waals surface area (Å²) < 4.78 is 0. The maximum Gasteiger partial charge on any atom is 0.139 e. The minimum absolute atomic E-state index is 0. The fourth-order valence-corrected chi connectivity index (χ4v) is 6.63. The molecular weight excluding hydrogens is 342 g/mol. The molecule has 0 radical (unpaired) electrons. The van der Waals surface area contributed by atoms with Crippen LogP contribution in [0.25, 0.3) is 0 Å². The molecule has 0 aromatic rings. The maximum atomic E-state index is 12.3. The van der Waals surface area contributed by atoms with Crippen LogP contribution in [0.3, 0.4) is 0 Å². The number of fused-ring (bicyclic) bond motifs is 5. The number of aliphatic hydroxyl groups excluding tert-OH is 1. The Labute approximate surface area is 144 Å². The lowest BCUT2D eigenvalue weighted by Crippen LogP contribution is -2.53. The largest absolute Gasteiger partial charge is 0.392 e. The van der Waals surface area contributed by atoms with Gasteiger partial charge in [0.1, 0.15) is 5.78 Å². The Morgan fingerprint density at radius 1 is 1.09 bits per heavy atom. The van der Waals surface area contributed by atoms with Crippen LogP contribution in [0.15, 0.2) is 0 Å². The highest BCUT2D eigenvalue weighted by Gasteiger charge is 2.57. The molecule has 3 N–H and O–H groups in total. The highest BCUT2D eigenvalue weighted by molar-refractivity contribution is 8.93. The predicted octanol–water partition coefficient (Wildman–Crippen LogP) is 3.08. The fourth-order valence-electron chi connectivity index (χ4n) is 6.63. The van der Waals surface area contributed by atoms with E-state index in [1.807, 2.05) is 0 Å². The summed E-state index contributed by atoms with van der Waals surface area (Å²) in [4.78, 5) is 12.3. The number of aliphatic hydroxyl groups is 1. The summed E-state index contributed by atoms with van der Waals surface area (Å²) in [5.41, 5.74) is 6.07. The van der Waals surface area contributed by atoms with Gasteiger partial charge in [-0.05, 0) is 74.5 Å². The third kappa shape index (κ3) is 2.32. The highest BCUT2D eigenvalue weighted by atomic mass is 79.9. The van der Waals surface area contributed by atoms with E-state index in [4.69, 9.17) is 5.73 Å². The molecule has 22 heavy (non-hydrogen) atoms. The van der Waals surface area contributed by atoms with Gasteiger partial charge in [-0.1, -0.05) is 6.92 Å². The Morgan fingerprint density at radius 3 is 2.64 bits per heavy atom. The summed E-state index contributed by atoms with van der Waals surface area (Å²) in [5.74, 6) is 4.02. The van der Waals surface area contributed by atoms with Crippen molar-refractivity contribution in [3.63, 3.8) is 0 Å². The van der Waals surface area contributed by atoms with Crippen molar-refractivity contribution in [3.8, 4) is 0 Å². The predicted molar refractivity (Wildman–Crippen MR) is 91.8 cm³/mol. The first-order chi connectivity index (χ1) is 10.0. The third-order valence-corrected chi connectivity index (χ3v) is 7.81. The fraction of sp³-hybridized carbons (Fsp3) is 0.944. The van der Waals surface area contributed by atoms with E-state index in [2.05, 4.69) is 6.92 Å². The van der Waals surface area contributed by atoms with Crippen LogP contribution in [0.1, 0.15) is 58.3 Å². The van der Waals surface area contributed by atoms with E-state index in [0.29, 0.717) is 17.6 Å². The van der Waals surface area contributed by atoms with Crippen LogP contribution in [0.5, 0.6) is 0 Å². The summed E-state index contributed by atoms with van der Waals surface area (Å²) >= 11 is 0. The van der Waals surface area contributed by atoms with Crippen molar-refractivity contribution in [1.82, 2.24) is 0 Å². The number of nitrogens with two attached hydrogens (primary N) is 1. The number of hydrogen-bond donors (Lipinski definition) is 2. The quantitative estimate of drug-likeness (QED) is 0.687. The summed E-state index contributed by atoms with van der Waals surface area (Å²) in [5, 5.41) is 10.2. The normalized spacial score (nSPS) is 54.0. The molecular formula is C18H30BrNO2. The Kier molecular flexibility index (Phi) is 4.50. The molecule has 4 heteroatoms. The van der Waals surface area contributed by atoms with Gasteiger partial charge < -0.3 is 10.8 Å². The van der Waals surface area contributed by atoms with Crippen LogP contribution in [0.2, 0.25) is 0 Å². The van der Waals surface area contributed by atoms with Crippen molar-refractivity contribution in [2.45, 2.75) is 70.4 Å². The smallest absolute Gasteiger partial charge is 0.139 e. The molecule has 0 saturated heterocycles. The minimum Gasteiger partial charge on any atom is -0.392 e. The molecule has 4 aliphatic carbocycles. The number of carbonyl (C=O) groups is 1. The lowest BCUT2D eigenvalue weighted by molar-refractivity contribution is -0.134. The van der Waals surface area contributed by atoms with E-state index in [-0.39, 0.29) is 34.5 Å². The van der Waals surface area contributed by atoms with Crippen LogP contribution < -0.4 is 5.73 Å². The van der Waals surface area contributed by atoms with Gasteiger partial charge in [-0.3, -0.25) is 4.79 Å². The number of carbonyl (C=O) groups excluding carboxylic acids is 1. The van der Waals surface area contributed by atoms with Gasteiger partial charge in [0.15, 0.2) is 0 Å². The highest BCUT2D eigenvalue weighted by Crippen LogP contribution is 2.61. The first kappa shape index (κ1) is 16.9. The lowest BCUT2D eigenvalue weighted by Gasteiger charge is -2.55. The average molecular weight is 372 g/mol. The Bertz CT molecular complexity index is 456. The molecule has 0 spiro atoms. The topological polar surface area (TPSA) is 63.3 Å². The van der Waals surface area contributed by atoms with Gasteiger partial charge in [-0.2, -0.15) is 0 Å². The van der Waals surface area contributed by atoms with Crippen molar-refractivity contribution < 1.29 is 9.90 Å². The number of halogens is 1. The summed E-state index contributed by atoms with van der Waals surface area (Å²) in [6.07, 6.45) is 8.40. The monoisotopic (exact) mass is 371 g/mol. The molecule has 0 aromatic carbocycles. The van der Waals surface area contributed by atoms with Crippen LogP contribution in [0, 0.1) is 35.0 Å². The second-order valence-corrected chi connectivity index (χ2v) is 8.56. The minimum atomic E-state index is -0.302. The van der Waals surface area contributed by atoms with Crippen LogP contribution in [0.4, 0.5) is 0 Å². The van der Waals surface area contributed by atoms with E-state index in [1.165, 1.54) is 19.3 Å². The second kappa shape index (κ2) is 5.86. The molecule has 4 saturated carbocycles. The molecule has 3 nitrogen and oxygen atoms in total. The van der Waals surface area contributed by atoms with E-state index >= 15 is 0 Å². The van der Waals surface area contributed by atoms with E-state index < -0.39 is 0 Å². The zero-order valence-corrected chi connectivity index (χ0v) is 15.3. The van der Waals surface area contributed by atoms with Gasteiger partial charge in [0.25, 0.3) is 0 Å². The Balaban J connectivity index is 0.00000144. The molecule has 0 amide bonds. The van der Waals surface area contributed by atoms with Crippen LogP contribution >= 0.6 is 17.0 Å². The standard InChI is InChI=1S/C18H29NO2.BrH/c1-18-7-6-11-12(14(18)4-5-17(18)21)3-2-10-8-15(19)16(20)9-13(10)11;/h10-16,20H,2-9,19H2,1H3;1H/t10-,11-,12+,13-,14-,15+,16-,18-;/m0./s1. The molecule has 4 fully saturated rings. The number of Topliss-reactive ketones (excluding diaryl/α,β-unsaturated/α-hetero) is 1. The molecule has 0 bridgehead atoms. The Hall–Kier alpha value is 0.0700. The lowest BCUT2D eigenvalue weighted by atomic mass is 9.50. The van der Waals surface area contributed by atoms with Gasteiger partial charge in [-0.25, -0.2) is 0 Å². The SMILES string of the molecule is Br.C[C@]12CC[C@H]3[C@@H](CC[C@H]4C[C@@H](N)[C@@H](O)C[C@@H]43)[C@@H]1CCC2=O. The summed E-state index contributed by atoms with van der Waals surface area (Å²) in [6.45, 7) is 2.24. The van der Waals surface area contributed by atoms with E-state index in [1.54, 1.807) is 0 Å². The molecule has 0 heterocycles. The van der Waals surface area contributed by atoms with Crippen molar-refractivity contribution >= 4 is 22.8 Å². The maximum absolute atomic E-state index is 12.3. The summed E-state index contributed by atoms with van der Waals surface area (Å²) in [6, 6.07) is -0.00952. The molecule has 8 atom stereocenters. The molecule has 0 aromatic heterocycles. The number of ketones is 1. The number of rotatable bonds is 0. The van der Waals surface area contributed by atoms with Gasteiger partial charge in [0.05, 0.1) is 6.10 Å². The van der Waals surface area contributed by atoms with Crippen molar-refractivity contribution in [2.24, 2.45) is 40.7 Å². The van der Waals surface area contributed by atoms with Gasteiger partial charge >= 0.3 is 0 Å². The summed E-state index contributed by atoms with van der Waals surface area (Å²) in [7, 11) is 0. The van der Waals surface area contributed by atoms with Crippen molar-refractivity contribution in [3.05, 3.63) is 0 Å². The van der Waals surface area contributed by atoms with Crippen LogP contribution in [-0.4, -0.2) is 23.0 Å². The first-order valence-electron chi connectivity index (χ1n) is 8.97. The third-order valence-electron chi connectivity index (χ3n) is 7.81. The number of hydrogen-bond acceptors (Lipinski definition) is 3. The molecule has 0 unspecified atom stereocenters. The van der Waals surface area contributed by atoms with Crippen LogP contribution in [-0.2, 0) is 4.79 Å². The van der Waals surface area contributed by atoms with Gasteiger partial charge in [-0.15, -0.1) is 17.0 Å². The van der Waals surface area contributed by atoms with E-state index in [9.17, 15) is 9.90 Å². The second-order valence-electron chi connectivity index (χ2n) is 8.56. The van der Waals surface area contributed by atoms with E-state index in [0.717, 1.165) is 49.9 Å². The molecule has 4 rings (SSSR count). The van der Waals surface area contributed by atoms with Crippen molar-refractivity contribution in [1.29, 1.82) is 0 Å². The Morgan fingerprint density at radius 2 is 1.86 bits per heavy atom. The zero-order chi connectivity index (χ0) is 14.8. The van der Waals surface area contributed by atoms with Crippen molar-refractivity contribution in [2.75, 3.05) is 0 Å².